The fraction of sp³-hybridized carbons (Fsp3) is 0.214. The number of morpholine rings is 1. The monoisotopic (exact) mass is 471 g/mol. The van der Waals surface area contributed by atoms with E-state index < -0.39 is 5.97 Å². The summed E-state index contributed by atoms with van der Waals surface area (Å²) >= 11 is 0. The van der Waals surface area contributed by atoms with Gasteiger partial charge in [-0.3, -0.25) is 9.69 Å². The topological polar surface area (TPSA) is 78.2 Å². The molecule has 2 heterocycles. The third-order valence-corrected chi connectivity index (χ3v) is 5.82. The molecule has 5 rings (SSSR count). The van der Waals surface area contributed by atoms with Gasteiger partial charge in [0.15, 0.2) is 5.43 Å². The molecule has 35 heavy (non-hydrogen) atoms. The standard InChI is InChI=1S/C28H25NO6/c30-23-19-24(20-7-3-1-4-8-20)34-25-17-22(33-16-13-29-11-14-32-15-12-29)18-26(27(23)25)35-28(31)21-9-5-2-6-10-21/h1-10,17-19H,11-16H2. The molecule has 0 N–H and O–H groups in total. The summed E-state index contributed by atoms with van der Waals surface area (Å²) in [4.78, 5) is 28.2. The maximum Gasteiger partial charge on any atom is 0.343 e. The van der Waals surface area contributed by atoms with E-state index in [2.05, 4.69) is 4.90 Å². The van der Waals surface area contributed by atoms with Crippen molar-refractivity contribution in [2.75, 3.05) is 39.5 Å². The summed E-state index contributed by atoms with van der Waals surface area (Å²) in [5.74, 6) is 0.416. The van der Waals surface area contributed by atoms with Crippen LogP contribution in [0.2, 0.25) is 0 Å². The second kappa shape index (κ2) is 10.5. The Morgan fingerprint density at radius 1 is 0.914 bits per heavy atom. The molecule has 1 aliphatic rings. The van der Waals surface area contributed by atoms with Crippen molar-refractivity contribution in [1.29, 1.82) is 0 Å². The third kappa shape index (κ3) is 5.42. The molecule has 1 fully saturated rings. The first-order valence-corrected chi connectivity index (χ1v) is 11.5. The molecule has 7 nitrogen and oxygen atoms in total. The SMILES string of the molecule is O=C(Oc1cc(OCCN2CCOCC2)cc2oc(-c3ccccc3)cc(=O)c12)c1ccccc1. The molecule has 0 amide bonds. The Labute approximate surface area is 202 Å². The average Bonchev–Trinajstić information content (AvgIpc) is 2.90. The van der Waals surface area contributed by atoms with Crippen molar-refractivity contribution in [3.05, 3.63) is 94.6 Å². The van der Waals surface area contributed by atoms with Gasteiger partial charge in [-0.15, -0.1) is 0 Å². The van der Waals surface area contributed by atoms with Gasteiger partial charge >= 0.3 is 5.97 Å². The van der Waals surface area contributed by atoms with Crippen LogP contribution in [0.3, 0.4) is 0 Å². The molecule has 7 heteroatoms. The van der Waals surface area contributed by atoms with Gasteiger partial charge in [-0.05, 0) is 12.1 Å². The lowest BCUT2D eigenvalue weighted by atomic mass is 10.1. The van der Waals surface area contributed by atoms with Gasteiger partial charge in [-0.1, -0.05) is 48.5 Å². The van der Waals surface area contributed by atoms with Crippen molar-refractivity contribution in [1.82, 2.24) is 4.90 Å². The van der Waals surface area contributed by atoms with Crippen LogP contribution in [0.25, 0.3) is 22.3 Å². The highest BCUT2D eigenvalue weighted by Crippen LogP contribution is 2.32. The molecular formula is C28H25NO6. The highest BCUT2D eigenvalue weighted by atomic mass is 16.5. The second-order valence-corrected chi connectivity index (χ2v) is 8.19. The minimum Gasteiger partial charge on any atom is -0.492 e. The zero-order valence-corrected chi connectivity index (χ0v) is 19.1. The summed E-state index contributed by atoms with van der Waals surface area (Å²) in [5, 5.41) is 0.189. The predicted molar refractivity (Wildman–Crippen MR) is 132 cm³/mol. The Bertz CT molecular complexity index is 1360. The summed E-state index contributed by atoms with van der Waals surface area (Å²) in [5.41, 5.74) is 1.13. The van der Waals surface area contributed by atoms with E-state index in [1.165, 1.54) is 6.07 Å². The fourth-order valence-corrected chi connectivity index (χ4v) is 3.99. The van der Waals surface area contributed by atoms with Crippen molar-refractivity contribution in [3.8, 4) is 22.8 Å². The first-order chi connectivity index (χ1) is 17.2. The minimum absolute atomic E-state index is 0.103. The van der Waals surface area contributed by atoms with E-state index in [-0.39, 0.29) is 22.1 Å². The number of ether oxygens (including phenoxy) is 3. The van der Waals surface area contributed by atoms with E-state index in [0.29, 0.717) is 36.9 Å². The zero-order chi connectivity index (χ0) is 24.0. The summed E-state index contributed by atoms with van der Waals surface area (Å²) in [6.45, 7) is 4.30. The van der Waals surface area contributed by atoms with Crippen molar-refractivity contribution in [2.45, 2.75) is 0 Å². The lowest BCUT2D eigenvalue weighted by molar-refractivity contribution is 0.0322. The molecule has 1 aromatic heterocycles. The summed E-state index contributed by atoms with van der Waals surface area (Å²) in [6, 6.07) is 22.6. The Hall–Kier alpha value is -3.94. The number of fused-ring (bicyclic) bond motifs is 1. The molecule has 0 saturated carbocycles. The molecule has 178 valence electrons. The zero-order valence-electron chi connectivity index (χ0n) is 19.1. The highest BCUT2D eigenvalue weighted by Gasteiger charge is 2.18. The van der Waals surface area contributed by atoms with Crippen LogP contribution in [0.15, 0.2) is 88.1 Å². The van der Waals surface area contributed by atoms with E-state index in [1.807, 2.05) is 36.4 Å². The number of carbonyl (C=O) groups is 1. The van der Waals surface area contributed by atoms with Crippen LogP contribution in [0, 0.1) is 0 Å². The molecule has 0 bridgehead atoms. The van der Waals surface area contributed by atoms with Crippen LogP contribution in [0.4, 0.5) is 0 Å². The van der Waals surface area contributed by atoms with Gasteiger partial charge in [-0.25, -0.2) is 4.79 Å². The fourth-order valence-electron chi connectivity index (χ4n) is 3.99. The molecule has 1 saturated heterocycles. The van der Waals surface area contributed by atoms with Gasteiger partial charge in [0.2, 0.25) is 0 Å². The van der Waals surface area contributed by atoms with Gasteiger partial charge in [0.05, 0.1) is 18.8 Å². The smallest absolute Gasteiger partial charge is 0.343 e. The van der Waals surface area contributed by atoms with E-state index >= 15 is 0 Å². The van der Waals surface area contributed by atoms with E-state index in [4.69, 9.17) is 18.6 Å². The first-order valence-electron chi connectivity index (χ1n) is 11.5. The van der Waals surface area contributed by atoms with Crippen LogP contribution < -0.4 is 14.9 Å². The number of esters is 1. The second-order valence-electron chi connectivity index (χ2n) is 8.19. The molecular weight excluding hydrogens is 446 g/mol. The number of hydrogen-bond donors (Lipinski definition) is 0. The van der Waals surface area contributed by atoms with Gasteiger partial charge in [-0.2, -0.15) is 0 Å². The maximum absolute atomic E-state index is 13.1. The van der Waals surface area contributed by atoms with Crippen LogP contribution in [-0.2, 0) is 4.74 Å². The van der Waals surface area contributed by atoms with Crippen LogP contribution in [-0.4, -0.2) is 50.3 Å². The molecule has 1 aliphatic heterocycles. The van der Waals surface area contributed by atoms with Crippen molar-refractivity contribution in [3.63, 3.8) is 0 Å². The minimum atomic E-state index is -0.566. The number of nitrogens with zero attached hydrogens (tertiary/aromatic N) is 1. The summed E-state index contributed by atoms with van der Waals surface area (Å²) in [7, 11) is 0. The Kier molecular flexibility index (Phi) is 6.88. The molecule has 4 aromatic rings. The van der Waals surface area contributed by atoms with Gasteiger partial charge < -0.3 is 18.6 Å². The molecule has 0 atom stereocenters. The van der Waals surface area contributed by atoms with Crippen molar-refractivity contribution >= 4 is 16.9 Å². The predicted octanol–water partition coefficient (Wildman–Crippen LogP) is 4.39. The maximum atomic E-state index is 13.1. The first kappa shape index (κ1) is 22.8. The Morgan fingerprint density at radius 3 is 2.37 bits per heavy atom. The van der Waals surface area contributed by atoms with E-state index in [1.54, 1.807) is 36.4 Å². The van der Waals surface area contributed by atoms with Gasteiger partial charge in [0.1, 0.15) is 34.8 Å². The lowest BCUT2D eigenvalue weighted by Gasteiger charge is -2.26. The van der Waals surface area contributed by atoms with Gasteiger partial charge in [0.25, 0.3) is 0 Å². The Morgan fingerprint density at radius 2 is 1.63 bits per heavy atom. The summed E-state index contributed by atoms with van der Waals surface area (Å²) < 4.78 is 23.1. The number of rotatable bonds is 7. The quantitative estimate of drug-likeness (QED) is 0.292. The molecule has 3 aromatic carbocycles. The van der Waals surface area contributed by atoms with Crippen LogP contribution in [0.1, 0.15) is 10.4 Å². The Balaban J connectivity index is 1.49. The molecule has 0 unspecified atom stereocenters. The normalized spacial score (nSPS) is 14.1. The number of hydrogen-bond acceptors (Lipinski definition) is 7. The third-order valence-electron chi connectivity index (χ3n) is 5.82. The van der Waals surface area contributed by atoms with Crippen LogP contribution in [0.5, 0.6) is 11.5 Å². The largest absolute Gasteiger partial charge is 0.492 e. The van der Waals surface area contributed by atoms with Gasteiger partial charge in [0, 0.05) is 43.4 Å². The van der Waals surface area contributed by atoms with Crippen molar-refractivity contribution in [2.24, 2.45) is 0 Å². The number of carbonyl (C=O) groups excluding carboxylic acids is 1. The van der Waals surface area contributed by atoms with E-state index in [0.717, 1.165) is 25.2 Å². The van der Waals surface area contributed by atoms with E-state index in [9.17, 15) is 9.59 Å². The molecule has 0 spiro atoms. The summed E-state index contributed by atoms with van der Waals surface area (Å²) in [6.07, 6.45) is 0. The molecule has 0 aliphatic carbocycles. The lowest BCUT2D eigenvalue weighted by Crippen LogP contribution is -2.38. The van der Waals surface area contributed by atoms with Crippen molar-refractivity contribution < 1.29 is 23.4 Å². The van der Waals surface area contributed by atoms with Crippen LogP contribution >= 0.6 is 0 Å². The highest BCUT2D eigenvalue weighted by molar-refractivity contribution is 5.95. The number of benzene rings is 3. The molecule has 0 radical (unpaired) electrons. The average molecular weight is 472 g/mol.